The van der Waals surface area contributed by atoms with E-state index >= 15 is 0 Å². The van der Waals surface area contributed by atoms with E-state index in [9.17, 15) is 0 Å². The van der Waals surface area contributed by atoms with Gasteiger partial charge in [-0.3, -0.25) is 0 Å². The van der Waals surface area contributed by atoms with Gasteiger partial charge in [0.25, 0.3) is 0 Å². The van der Waals surface area contributed by atoms with Gasteiger partial charge in [0.15, 0.2) is 17.9 Å². The van der Waals surface area contributed by atoms with Gasteiger partial charge in [-0.05, 0) is 45.4 Å². The number of ether oxygens (including phenoxy) is 6. The van der Waals surface area contributed by atoms with Gasteiger partial charge in [0, 0.05) is 13.1 Å². The van der Waals surface area contributed by atoms with Gasteiger partial charge in [0.1, 0.15) is 30.2 Å². The van der Waals surface area contributed by atoms with E-state index in [4.69, 9.17) is 28.4 Å². The first-order chi connectivity index (χ1) is 12.8. The predicted molar refractivity (Wildman–Crippen MR) is 97.2 cm³/mol. The van der Waals surface area contributed by atoms with Crippen LogP contribution >= 0.6 is 0 Å². The van der Waals surface area contributed by atoms with Crippen LogP contribution in [0.3, 0.4) is 0 Å². The number of fused-ring (bicyclic) bond motifs is 3. The molecular weight excluding hydrogens is 350 g/mol. The van der Waals surface area contributed by atoms with E-state index in [2.05, 4.69) is 5.32 Å². The summed E-state index contributed by atoms with van der Waals surface area (Å²) in [6.45, 7) is 8.97. The minimum Gasteiger partial charge on any atom is -0.497 e. The topological polar surface area (TPSA) is 67.4 Å². The van der Waals surface area contributed by atoms with Crippen LogP contribution in [0.5, 0.6) is 5.75 Å². The van der Waals surface area contributed by atoms with Crippen molar-refractivity contribution in [2.45, 2.75) is 76.5 Å². The summed E-state index contributed by atoms with van der Waals surface area (Å²) >= 11 is 0. The van der Waals surface area contributed by atoms with Crippen molar-refractivity contribution in [3.63, 3.8) is 0 Å². The molecule has 0 spiro atoms. The minimum atomic E-state index is -0.693. The summed E-state index contributed by atoms with van der Waals surface area (Å²) in [5, 5.41) is 3.45. The van der Waals surface area contributed by atoms with Crippen LogP contribution in [0.1, 0.15) is 33.3 Å². The Hall–Kier alpha value is -1.22. The second kappa shape index (κ2) is 6.99. The molecule has 7 nitrogen and oxygen atoms in total. The second-order valence-electron chi connectivity index (χ2n) is 8.19. The molecule has 0 bridgehead atoms. The minimum absolute atomic E-state index is 0.186. The quantitative estimate of drug-likeness (QED) is 0.841. The lowest BCUT2D eigenvalue weighted by molar-refractivity contribution is -0.232. The Labute approximate surface area is 160 Å². The first-order valence-corrected chi connectivity index (χ1v) is 9.47. The summed E-state index contributed by atoms with van der Waals surface area (Å²) in [5.41, 5.74) is 1.17. The largest absolute Gasteiger partial charge is 0.497 e. The van der Waals surface area contributed by atoms with E-state index in [-0.39, 0.29) is 24.4 Å². The van der Waals surface area contributed by atoms with Crippen molar-refractivity contribution in [2.24, 2.45) is 0 Å². The summed E-state index contributed by atoms with van der Waals surface area (Å²) in [6, 6.07) is 8.00. The molecule has 27 heavy (non-hydrogen) atoms. The predicted octanol–water partition coefficient (Wildman–Crippen LogP) is 2.18. The fraction of sp³-hybridized carbons (Fsp3) is 0.700. The van der Waals surface area contributed by atoms with E-state index in [0.29, 0.717) is 6.54 Å². The van der Waals surface area contributed by atoms with Crippen molar-refractivity contribution >= 4 is 0 Å². The summed E-state index contributed by atoms with van der Waals surface area (Å²) in [6.07, 6.45) is -1.35. The number of hydrogen-bond donors (Lipinski definition) is 1. The Morgan fingerprint density at radius 1 is 0.889 bits per heavy atom. The number of nitrogens with one attached hydrogen (secondary N) is 1. The highest BCUT2D eigenvalue weighted by atomic mass is 16.9. The zero-order valence-corrected chi connectivity index (χ0v) is 16.6. The molecular formula is C20H29NO6. The standard InChI is InChI=1S/C20H29NO6/c1-19(2)24-15-14(11-21-10-12-6-8-13(22-5)9-7-12)23-18-17(16(15)25-19)26-20(3,4)27-18/h6-9,14-18,21H,10-11H2,1-5H3/t14-,15+,16+,17-,18-/m1/s1. The van der Waals surface area contributed by atoms with Crippen molar-refractivity contribution < 1.29 is 28.4 Å². The van der Waals surface area contributed by atoms with Gasteiger partial charge in [0.05, 0.1) is 7.11 Å². The molecule has 5 atom stereocenters. The van der Waals surface area contributed by atoms with Crippen LogP contribution in [-0.4, -0.2) is 55.9 Å². The average molecular weight is 379 g/mol. The Balaban J connectivity index is 1.41. The van der Waals surface area contributed by atoms with Crippen LogP contribution in [-0.2, 0) is 30.2 Å². The Morgan fingerprint density at radius 2 is 1.52 bits per heavy atom. The molecule has 4 rings (SSSR count). The molecule has 0 aromatic heterocycles. The highest BCUT2D eigenvalue weighted by molar-refractivity contribution is 5.27. The molecule has 7 heteroatoms. The highest BCUT2D eigenvalue weighted by Crippen LogP contribution is 2.43. The highest BCUT2D eigenvalue weighted by Gasteiger charge is 2.60. The van der Waals surface area contributed by atoms with Gasteiger partial charge < -0.3 is 33.7 Å². The lowest BCUT2D eigenvalue weighted by Crippen LogP contribution is -2.57. The maximum Gasteiger partial charge on any atom is 0.190 e. The monoisotopic (exact) mass is 379 g/mol. The average Bonchev–Trinajstić information content (AvgIpc) is 3.10. The molecule has 150 valence electrons. The van der Waals surface area contributed by atoms with Crippen LogP contribution in [0.25, 0.3) is 0 Å². The van der Waals surface area contributed by atoms with Crippen LogP contribution in [0.4, 0.5) is 0 Å². The van der Waals surface area contributed by atoms with Gasteiger partial charge in [-0.25, -0.2) is 0 Å². The van der Waals surface area contributed by atoms with E-state index in [1.807, 2.05) is 52.0 Å². The van der Waals surface area contributed by atoms with Gasteiger partial charge in [-0.15, -0.1) is 0 Å². The summed E-state index contributed by atoms with van der Waals surface area (Å²) in [5.74, 6) is -0.512. The number of methoxy groups -OCH3 is 1. The Morgan fingerprint density at radius 3 is 2.22 bits per heavy atom. The molecule has 3 fully saturated rings. The Kier molecular flexibility index (Phi) is 4.95. The first-order valence-electron chi connectivity index (χ1n) is 9.47. The maximum atomic E-state index is 6.19. The van der Waals surface area contributed by atoms with Gasteiger partial charge >= 0.3 is 0 Å². The molecule has 1 aromatic carbocycles. The van der Waals surface area contributed by atoms with E-state index in [1.165, 1.54) is 5.56 Å². The molecule has 0 saturated carbocycles. The van der Waals surface area contributed by atoms with Crippen LogP contribution < -0.4 is 10.1 Å². The van der Waals surface area contributed by atoms with E-state index in [0.717, 1.165) is 12.3 Å². The number of rotatable bonds is 5. The van der Waals surface area contributed by atoms with Crippen molar-refractivity contribution in [1.82, 2.24) is 5.32 Å². The third kappa shape index (κ3) is 3.99. The smallest absolute Gasteiger partial charge is 0.190 e. The molecule has 1 aromatic rings. The molecule has 0 amide bonds. The molecule has 3 aliphatic rings. The third-order valence-corrected chi connectivity index (χ3v) is 5.08. The molecule has 0 aliphatic carbocycles. The van der Waals surface area contributed by atoms with E-state index < -0.39 is 17.9 Å². The number of benzene rings is 1. The molecule has 3 heterocycles. The van der Waals surface area contributed by atoms with Gasteiger partial charge in [-0.2, -0.15) is 0 Å². The van der Waals surface area contributed by atoms with E-state index in [1.54, 1.807) is 7.11 Å². The zero-order valence-electron chi connectivity index (χ0n) is 16.6. The summed E-state index contributed by atoms with van der Waals surface area (Å²) in [4.78, 5) is 0. The molecule has 1 N–H and O–H groups in total. The first kappa shape index (κ1) is 19.1. The number of hydrogen-bond acceptors (Lipinski definition) is 7. The van der Waals surface area contributed by atoms with Crippen molar-refractivity contribution in [2.75, 3.05) is 13.7 Å². The zero-order chi connectivity index (χ0) is 19.2. The van der Waals surface area contributed by atoms with Crippen LogP contribution in [0.2, 0.25) is 0 Å². The lowest BCUT2D eigenvalue weighted by atomic mass is 9.99. The van der Waals surface area contributed by atoms with Crippen molar-refractivity contribution in [3.8, 4) is 5.75 Å². The lowest BCUT2D eigenvalue weighted by Gasteiger charge is -2.37. The molecule has 3 saturated heterocycles. The van der Waals surface area contributed by atoms with Gasteiger partial charge in [-0.1, -0.05) is 12.1 Å². The second-order valence-corrected chi connectivity index (χ2v) is 8.19. The SMILES string of the molecule is COc1ccc(CNC[C@H]2O[C@@H]3OC(C)(C)O[C@@H]3[C@H]3OC(C)(C)O[C@H]32)cc1. The van der Waals surface area contributed by atoms with Gasteiger partial charge in [0.2, 0.25) is 0 Å². The molecule has 0 unspecified atom stereocenters. The van der Waals surface area contributed by atoms with Crippen molar-refractivity contribution in [1.29, 1.82) is 0 Å². The molecule has 3 aliphatic heterocycles. The van der Waals surface area contributed by atoms with Crippen molar-refractivity contribution in [3.05, 3.63) is 29.8 Å². The fourth-order valence-electron chi connectivity index (χ4n) is 3.96. The van der Waals surface area contributed by atoms with Crippen LogP contribution in [0.15, 0.2) is 24.3 Å². The summed E-state index contributed by atoms with van der Waals surface area (Å²) in [7, 11) is 1.67. The summed E-state index contributed by atoms with van der Waals surface area (Å²) < 4.78 is 35.6. The maximum absolute atomic E-state index is 6.19. The fourth-order valence-corrected chi connectivity index (χ4v) is 3.96. The Bertz CT molecular complexity index is 661. The normalized spacial score (nSPS) is 36.3. The molecule has 0 radical (unpaired) electrons. The van der Waals surface area contributed by atoms with Crippen LogP contribution in [0, 0.1) is 0 Å². The third-order valence-electron chi connectivity index (χ3n) is 5.08.